The molecule has 0 aromatic carbocycles. The second kappa shape index (κ2) is 6.15. The standard InChI is InChI=1S/C13H20FN3O2S/c1-2-10-5-7-17(11(8-10)9-15)20(18,19)13-12(14)4-3-6-16-13/h3-4,6,10-11H,2,5,7-9,15H2,1H3. The first kappa shape index (κ1) is 15.3. The Morgan fingerprint density at radius 1 is 1.55 bits per heavy atom. The summed E-state index contributed by atoms with van der Waals surface area (Å²) in [6.07, 6.45) is 3.79. The average molecular weight is 301 g/mol. The molecule has 2 heterocycles. The first-order chi connectivity index (χ1) is 9.50. The van der Waals surface area contributed by atoms with Crippen LogP contribution in [0.1, 0.15) is 26.2 Å². The van der Waals surface area contributed by atoms with E-state index in [1.54, 1.807) is 0 Å². The number of nitrogens with two attached hydrogens (primary N) is 1. The lowest BCUT2D eigenvalue weighted by molar-refractivity contribution is 0.197. The molecule has 1 aromatic heterocycles. The van der Waals surface area contributed by atoms with Gasteiger partial charge in [-0.3, -0.25) is 0 Å². The van der Waals surface area contributed by atoms with Crippen LogP contribution in [0.5, 0.6) is 0 Å². The Morgan fingerprint density at radius 2 is 2.30 bits per heavy atom. The summed E-state index contributed by atoms with van der Waals surface area (Å²) in [6.45, 7) is 2.70. The molecule has 1 fully saturated rings. The molecule has 112 valence electrons. The van der Waals surface area contributed by atoms with E-state index >= 15 is 0 Å². The maximum absolute atomic E-state index is 13.7. The fraction of sp³-hybridized carbons (Fsp3) is 0.615. The van der Waals surface area contributed by atoms with Crippen LogP contribution in [0.25, 0.3) is 0 Å². The molecule has 2 unspecified atom stereocenters. The van der Waals surface area contributed by atoms with Crippen LogP contribution < -0.4 is 5.73 Å². The minimum Gasteiger partial charge on any atom is -0.329 e. The van der Waals surface area contributed by atoms with Gasteiger partial charge in [0, 0.05) is 25.3 Å². The van der Waals surface area contributed by atoms with Crippen LogP contribution in [-0.2, 0) is 10.0 Å². The van der Waals surface area contributed by atoms with Gasteiger partial charge in [0.1, 0.15) is 0 Å². The number of halogens is 1. The first-order valence-electron chi connectivity index (χ1n) is 6.83. The van der Waals surface area contributed by atoms with E-state index in [9.17, 15) is 12.8 Å². The van der Waals surface area contributed by atoms with Gasteiger partial charge in [-0.25, -0.2) is 17.8 Å². The van der Waals surface area contributed by atoms with Crippen LogP contribution in [0.2, 0.25) is 0 Å². The summed E-state index contributed by atoms with van der Waals surface area (Å²) in [5.41, 5.74) is 5.70. The molecular weight excluding hydrogens is 281 g/mol. The van der Waals surface area contributed by atoms with E-state index in [1.165, 1.54) is 16.6 Å². The van der Waals surface area contributed by atoms with E-state index in [0.717, 1.165) is 25.3 Å². The van der Waals surface area contributed by atoms with Crippen molar-refractivity contribution in [2.24, 2.45) is 11.7 Å². The normalized spacial score (nSPS) is 24.8. The fourth-order valence-corrected chi connectivity index (χ4v) is 4.33. The van der Waals surface area contributed by atoms with Crippen molar-refractivity contribution >= 4 is 10.0 Å². The van der Waals surface area contributed by atoms with Crippen LogP contribution in [0.4, 0.5) is 4.39 Å². The number of pyridine rings is 1. The SMILES string of the molecule is CCC1CCN(S(=O)(=O)c2ncccc2F)C(CN)C1. The molecule has 7 heteroatoms. The molecule has 1 aromatic rings. The molecule has 0 saturated carbocycles. The molecule has 0 amide bonds. The van der Waals surface area contributed by atoms with Crippen molar-refractivity contribution in [3.05, 3.63) is 24.1 Å². The van der Waals surface area contributed by atoms with E-state index in [-0.39, 0.29) is 12.6 Å². The molecule has 0 aliphatic carbocycles. The molecule has 0 spiro atoms. The lowest BCUT2D eigenvalue weighted by Gasteiger charge is -2.37. The van der Waals surface area contributed by atoms with Crippen molar-refractivity contribution in [3.63, 3.8) is 0 Å². The van der Waals surface area contributed by atoms with E-state index in [1.807, 2.05) is 0 Å². The molecular formula is C13H20FN3O2S. The van der Waals surface area contributed by atoms with Crippen LogP contribution in [0.3, 0.4) is 0 Å². The molecule has 0 radical (unpaired) electrons. The summed E-state index contributed by atoms with van der Waals surface area (Å²) in [5, 5.41) is -0.506. The Kier molecular flexibility index (Phi) is 4.72. The Morgan fingerprint density at radius 3 is 2.90 bits per heavy atom. The van der Waals surface area contributed by atoms with Crippen LogP contribution in [0.15, 0.2) is 23.4 Å². The summed E-state index contributed by atoms with van der Waals surface area (Å²) < 4.78 is 40.1. The molecule has 0 bridgehead atoms. The van der Waals surface area contributed by atoms with Gasteiger partial charge >= 0.3 is 0 Å². The molecule has 2 rings (SSSR count). The van der Waals surface area contributed by atoms with E-state index < -0.39 is 20.9 Å². The van der Waals surface area contributed by atoms with Gasteiger partial charge in [0.25, 0.3) is 10.0 Å². The third kappa shape index (κ3) is 2.84. The highest BCUT2D eigenvalue weighted by molar-refractivity contribution is 7.89. The van der Waals surface area contributed by atoms with Crippen LogP contribution in [-0.4, -0.2) is 36.8 Å². The topological polar surface area (TPSA) is 76.3 Å². The second-order valence-electron chi connectivity index (χ2n) is 5.09. The maximum atomic E-state index is 13.7. The molecule has 1 aliphatic heterocycles. The Balaban J connectivity index is 2.32. The maximum Gasteiger partial charge on any atom is 0.263 e. The summed E-state index contributed by atoms with van der Waals surface area (Å²) in [5.74, 6) is -0.343. The first-order valence-corrected chi connectivity index (χ1v) is 8.27. The highest BCUT2D eigenvalue weighted by Crippen LogP contribution is 2.29. The van der Waals surface area contributed by atoms with Crippen molar-refractivity contribution in [2.75, 3.05) is 13.1 Å². The molecule has 2 N–H and O–H groups in total. The summed E-state index contributed by atoms with van der Waals surface area (Å²) >= 11 is 0. The molecule has 5 nitrogen and oxygen atoms in total. The Bertz CT molecular complexity index is 564. The van der Waals surface area contributed by atoms with Crippen LogP contribution in [0, 0.1) is 11.7 Å². The zero-order chi connectivity index (χ0) is 14.8. The predicted octanol–water partition coefficient (Wildman–Crippen LogP) is 1.36. The summed E-state index contributed by atoms with van der Waals surface area (Å²) in [4.78, 5) is 3.69. The van der Waals surface area contributed by atoms with Crippen molar-refractivity contribution in [1.29, 1.82) is 0 Å². The van der Waals surface area contributed by atoms with Gasteiger partial charge in [-0.05, 0) is 30.9 Å². The highest BCUT2D eigenvalue weighted by Gasteiger charge is 2.37. The fourth-order valence-electron chi connectivity index (χ4n) is 2.69. The van der Waals surface area contributed by atoms with Crippen molar-refractivity contribution in [1.82, 2.24) is 9.29 Å². The molecule has 1 saturated heterocycles. The van der Waals surface area contributed by atoms with Gasteiger partial charge < -0.3 is 5.73 Å². The lowest BCUT2D eigenvalue weighted by Crippen LogP contribution is -2.49. The zero-order valence-corrected chi connectivity index (χ0v) is 12.3. The average Bonchev–Trinajstić information content (AvgIpc) is 2.46. The summed E-state index contributed by atoms with van der Waals surface area (Å²) in [7, 11) is -3.92. The number of nitrogens with zero attached hydrogens (tertiary/aromatic N) is 2. The van der Waals surface area contributed by atoms with E-state index in [2.05, 4.69) is 11.9 Å². The third-order valence-corrected chi connectivity index (χ3v) is 5.78. The van der Waals surface area contributed by atoms with E-state index in [4.69, 9.17) is 5.73 Å². The Labute approximate surface area is 119 Å². The minimum absolute atomic E-state index is 0.240. The smallest absolute Gasteiger partial charge is 0.263 e. The Hall–Kier alpha value is -1.05. The van der Waals surface area contributed by atoms with Gasteiger partial charge in [-0.1, -0.05) is 13.3 Å². The highest BCUT2D eigenvalue weighted by atomic mass is 32.2. The number of piperidine rings is 1. The molecule has 1 aliphatic rings. The van der Waals surface area contributed by atoms with Crippen molar-refractivity contribution in [3.8, 4) is 0 Å². The number of sulfonamides is 1. The second-order valence-corrected chi connectivity index (χ2v) is 6.90. The zero-order valence-electron chi connectivity index (χ0n) is 11.5. The number of hydrogen-bond donors (Lipinski definition) is 1. The van der Waals surface area contributed by atoms with Crippen molar-refractivity contribution < 1.29 is 12.8 Å². The number of rotatable bonds is 4. The molecule has 20 heavy (non-hydrogen) atoms. The third-order valence-electron chi connectivity index (χ3n) is 3.90. The van der Waals surface area contributed by atoms with Gasteiger partial charge in [0.2, 0.25) is 5.03 Å². The van der Waals surface area contributed by atoms with Gasteiger partial charge in [-0.2, -0.15) is 4.31 Å². The summed E-state index contributed by atoms with van der Waals surface area (Å²) in [6, 6.07) is 2.20. The van der Waals surface area contributed by atoms with Gasteiger partial charge in [-0.15, -0.1) is 0 Å². The largest absolute Gasteiger partial charge is 0.329 e. The quantitative estimate of drug-likeness (QED) is 0.911. The van der Waals surface area contributed by atoms with Crippen molar-refractivity contribution in [2.45, 2.75) is 37.3 Å². The predicted molar refractivity (Wildman–Crippen MR) is 73.9 cm³/mol. The van der Waals surface area contributed by atoms with Crippen LogP contribution >= 0.6 is 0 Å². The molecule has 2 atom stereocenters. The number of aromatic nitrogens is 1. The monoisotopic (exact) mass is 301 g/mol. The minimum atomic E-state index is -3.92. The van der Waals surface area contributed by atoms with Gasteiger partial charge in [0.15, 0.2) is 5.82 Å². The van der Waals surface area contributed by atoms with E-state index in [0.29, 0.717) is 12.5 Å². The lowest BCUT2D eigenvalue weighted by atomic mass is 9.90. The van der Waals surface area contributed by atoms with Gasteiger partial charge in [0.05, 0.1) is 0 Å². The number of hydrogen-bond acceptors (Lipinski definition) is 4.